The molecule has 0 atom stereocenters. The van der Waals surface area contributed by atoms with Crippen LogP contribution in [0.5, 0.6) is 0 Å². The molecule has 1 aliphatic heterocycles. The van der Waals surface area contributed by atoms with Crippen LogP contribution in [0.2, 0.25) is 5.02 Å². The van der Waals surface area contributed by atoms with Crippen LogP contribution >= 0.6 is 11.6 Å². The SMILES string of the molecule is COC(=O)c1[nH]nc(-c2ccc(Cl)cc2)c1N1CCCCC1. The van der Waals surface area contributed by atoms with Gasteiger partial charge < -0.3 is 9.64 Å². The van der Waals surface area contributed by atoms with Crippen molar-refractivity contribution < 1.29 is 9.53 Å². The molecule has 3 rings (SSSR count). The zero-order valence-electron chi connectivity index (χ0n) is 12.4. The summed E-state index contributed by atoms with van der Waals surface area (Å²) in [6, 6.07) is 7.47. The summed E-state index contributed by atoms with van der Waals surface area (Å²) in [5.74, 6) is -0.395. The number of halogens is 1. The lowest BCUT2D eigenvalue weighted by molar-refractivity contribution is 0.0594. The number of aromatic amines is 1. The van der Waals surface area contributed by atoms with Gasteiger partial charge in [0.15, 0.2) is 5.69 Å². The molecule has 0 amide bonds. The zero-order chi connectivity index (χ0) is 15.5. The van der Waals surface area contributed by atoms with Gasteiger partial charge in [0.1, 0.15) is 5.69 Å². The summed E-state index contributed by atoms with van der Waals surface area (Å²) in [5, 5.41) is 7.86. The van der Waals surface area contributed by atoms with Crippen molar-refractivity contribution in [3.05, 3.63) is 35.0 Å². The van der Waals surface area contributed by atoms with Crippen LogP contribution in [0.3, 0.4) is 0 Å². The molecule has 1 saturated heterocycles. The number of benzene rings is 1. The van der Waals surface area contributed by atoms with Crippen molar-refractivity contribution in [2.24, 2.45) is 0 Å². The first kappa shape index (κ1) is 14.9. The number of nitrogens with zero attached hydrogens (tertiary/aromatic N) is 2. The molecule has 1 aliphatic rings. The highest BCUT2D eigenvalue weighted by atomic mass is 35.5. The summed E-state index contributed by atoms with van der Waals surface area (Å²) in [7, 11) is 1.38. The standard InChI is InChI=1S/C16H18ClN3O2/c1-22-16(21)14-15(20-9-3-2-4-10-20)13(18-19-14)11-5-7-12(17)8-6-11/h5-8H,2-4,9-10H2,1H3,(H,18,19). The van der Waals surface area contributed by atoms with E-state index in [1.54, 1.807) is 0 Å². The number of hydrogen-bond donors (Lipinski definition) is 1. The zero-order valence-corrected chi connectivity index (χ0v) is 13.2. The summed E-state index contributed by atoms with van der Waals surface area (Å²) >= 11 is 5.95. The number of ether oxygens (including phenoxy) is 1. The van der Waals surface area contributed by atoms with Gasteiger partial charge in [-0.15, -0.1) is 0 Å². The number of rotatable bonds is 3. The second kappa shape index (κ2) is 6.40. The van der Waals surface area contributed by atoms with E-state index in [9.17, 15) is 4.79 Å². The molecule has 1 fully saturated rings. The number of carbonyl (C=O) groups is 1. The predicted molar refractivity (Wildman–Crippen MR) is 86.4 cm³/mol. The highest BCUT2D eigenvalue weighted by Gasteiger charge is 2.26. The minimum atomic E-state index is -0.395. The number of carbonyl (C=O) groups excluding carboxylic acids is 1. The smallest absolute Gasteiger partial charge is 0.358 e. The molecule has 2 aromatic rings. The van der Waals surface area contributed by atoms with E-state index in [1.165, 1.54) is 13.5 Å². The van der Waals surface area contributed by atoms with Gasteiger partial charge in [0.05, 0.1) is 12.8 Å². The molecule has 116 valence electrons. The fourth-order valence-electron chi connectivity index (χ4n) is 2.81. The van der Waals surface area contributed by atoms with Gasteiger partial charge in [-0.3, -0.25) is 5.10 Å². The van der Waals surface area contributed by atoms with E-state index < -0.39 is 5.97 Å². The first-order chi connectivity index (χ1) is 10.7. The average Bonchev–Trinajstić information content (AvgIpc) is 3.00. The van der Waals surface area contributed by atoms with E-state index in [0.29, 0.717) is 10.7 Å². The maximum atomic E-state index is 12.0. The Morgan fingerprint density at radius 1 is 1.23 bits per heavy atom. The van der Waals surface area contributed by atoms with E-state index in [2.05, 4.69) is 15.1 Å². The number of hydrogen-bond acceptors (Lipinski definition) is 4. The van der Waals surface area contributed by atoms with Crippen molar-refractivity contribution in [1.82, 2.24) is 10.2 Å². The summed E-state index contributed by atoms with van der Waals surface area (Å²) in [6.45, 7) is 1.84. The third kappa shape index (κ3) is 2.81. The van der Waals surface area contributed by atoms with Gasteiger partial charge in [0, 0.05) is 23.7 Å². The first-order valence-electron chi connectivity index (χ1n) is 7.38. The normalized spacial score (nSPS) is 14.9. The van der Waals surface area contributed by atoms with Crippen molar-refractivity contribution >= 4 is 23.3 Å². The minimum absolute atomic E-state index is 0.395. The predicted octanol–water partition coefficient (Wildman–Crippen LogP) is 3.51. The van der Waals surface area contributed by atoms with Gasteiger partial charge in [-0.2, -0.15) is 5.10 Å². The number of H-pyrrole nitrogens is 1. The number of nitrogens with one attached hydrogen (secondary N) is 1. The molecule has 0 radical (unpaired) electrons. The third-order valence-electron chi connectivity index (χ3n) is 3.92. The molecule has 0 spiro atoms. The fourth-order valence-corrected chi connectivity index (χ4v) is 2.94. The monoisotopic (exact) mass is 319 g/mol. The number of aromatic nitrogens is 2. The van der Waals surface area contributed by atoms with Gasteiger partial charge >= 0.3 is 5.97 Å². The lowest BCUT2D eigenvalue weighted by Gasteiger charge is -2.29. The second-order valence-corrected chi connectivity index (χ2v) is 5.78. The van der Waals surface area contributed by atoms with Gasteiger partial charge in [0.25, 0.3) is 0 Å². The topological polar surface area (TPSA) is 58.2 Å². The number of anilines is 1. The third-order valence-corrected chi connectivity index (χ3v) is 4.17. The van der Waals surface area contributed by atoms with Crippen LogP contribution in [0.15, 0.2) is 24.3 Å². The first-order valence-corrected chi connectivity index (χ1v) is 7.76. The largest absolute Gasteiger partial charge is 0.464 e. The van der Waals surface area contributed by atoms with Crippen LogP contribution in [0.25, 0.3) is 11.3 Å². The summed E-state index contributed by atoms with van der Waals surface area (Å²) in [6.07, 6.45) is 3.45. The molecule has 0 unspecified atom stereocenters. The lowest BCUT2D eigenvalue weighted by Crippen LogP contribution is -2.31. The Labute approximate surface area is 134 Å². The Morgan fingerprint density at radius 2 is 1.91 bits per heavy atom. The van der Waals surface area contributed by atoms with Gasteiger partial charge in [-0.05, 0) is 31.4 Å². The van der Waals surface area contributed by atoms with Crippen molar-refractivity contribution in [2.45, 2.75) is 19.3 Å². The number of esters is 1. The van der Waals surface area contributed by atoms with Crippen molar-refractivity contribution in [3.63, 3.8) is 0 Å². The fraction of sp³-hybridized carbons (Fsp3) is 0.375. The van der Waals surface area contributed by atoms with Gasteiger partial charge in [0.2, 0.25) is 0 Å². The Morgan fingerprint density at radius 3 is 2.55 bits per heavy atom. The lowest BCUT2D eigenvalue weighted by atomic mass is 10.1. The molecular weight excluding hydrogens is 302 g/mol. The van der Waals surface area contributed by atoms with Crippen molar-refractivity contribution in [1.29, 1.82) is 0 Å². The molecule has 1 aromatic carbocycles. The highest BCUT2D eigenvalue weighted by Crippen LogP contribution is 2.34. The molecule has 0 bridgehead atoms. The van der Waals surface area contributed by atoms with Gasteiger partial charge in [-0.1, -0.05) is 23.7 Å². The molecule has 2 heterocycles. The van der Waals surface area contributed by atoms with Gasteiger partial charge in [-0.25, -0.2) is 4.79 Å². The average molecular weight is 320 g/mol. The second-order valence-electron chi connectivity index (χ2n) is 5.34. The molecule has 1 N–H and O–H groups in total. The molecule has 6 heteroatoms. The van der Waals surface area contributed by atoms with E-state index in [0.717, 1.165) is 42.9 Å². The Hall–Kier alpha value is -2.01. The maximum absolute atomic E-state index is 12.0. The molecular formula is C16H18ClN3O2. The highest BCUT2D eigenvalue weighted by molar-refractivity contribution is 6.30. The maximum Gasteiger partial charge on any atom is 0.358 e. The summed E-state index contributed by atoms with van der Waals surface area (Å²) in [4.78, 5) is 14.2. The van der Waals surface area contributed by atoms with Crippen molar-refractivity contribution in [3.8, 4) is 11.3 Å². The quantitative estimate of drug-likeness (QED) is 0.880. The number of methoxy groups -OCH3 is 1. The number of piperidine rings is 1. The molecule has 1 aromatic heterocycles. The molecule has 22 heavy (non-hydrogen) atoms. The Bertz CT molecular complexity index is 661. The molecule has 0 aliphatic carbocycles. The van der Waals surface area contributed by atoms with E-state index >= 15 is 0 Å². The van der Waals surface area contributed by atoms with Crippen LogP contribution in [-0.2, 0) is 4.74 Å². The Kier molecular flexibility index (Phi) is 4.34. The van der Waals surface area contributed by atoms with E-state index in [-0.39, 0.29) is 0 Å². The van der Waals surface area contributed by atoms with Crippen LogP contribution in [0.4, 0.5) is 5.69 Å². The van der Waals surface area contributed by atoms with Crippen LogP contribution in [-0.4, -0.2) is 36.4 Å². The summed E-state index contributed by atoms with van der Waals surface area (Å²) < 4.78 is 4.88. The van der Waals surface area contributed by atoms with Crippen LogP contribution in [0.1, 0.15) is 29.8 Å². The molecule has 0 saturated carbocycles. The van der Waals surface area contributed by atoms with Crippen molar-refractivity contribution in [2.75, 3.05) is 25.1 Å². The molecule has 5 nitrogen and oxygen atoms in total. The minimum Gasteiger partial charge on any atom is -0.464 e. The van der Waals surface area contributed by atoms with E-state index in [1.807, 2.05) is 24.3 Å². The van der Waals surface area contributed by atoms with E-state index in [4.69, 9.17) is 16.3 Å². The summed E-state index contributed by atoms with van der Waals surface area (Å²) in [5.41, 5.74) is 2.93. The Balaban J connectivity index is 2.07. The van der Waals surface area contributed by atoms with Crippen LogP contribution in [0, 0.1) is 0 Å². The van der Waals surface area contributed by atoms with Crippen LogP contribution < -0.4 is 4.90 Å².